The lowest BCUT2D eigenvalue weighted by Crippen LogP contribution is -2.43. The van der Waals surface area contributed by atoms with Gasteiger partial charge in [-0.2, -0.15) is 4.98 Å². The summed E-state index contributed by atoms with van der Waals surface area (Å²) >= 11 is 0. The fourth-order valence-corrected chi connectivity index (χ4v) is 1.89. The zero-order chi connectivity index (χ0) is 11.0. The Morgan fingerprint density at radius 2 is 2.06 bits per heavy atom. The van der Waals surface area contributed by atoms with Crippen molar-refractivity contribution < 1.29 is 4.42 Å². The Kier molecular flexibility index (Phi) is 2.25. The summed E-state index contributed by atoms with van der Waals surface area (Å²) < 4.78 is 5.69. The molecule has 0 bridgehead atoms. The Hall–Kier alpha value is -1.62. The van der Waals surface area contributed by atoms with Gasteiger partial charge in [-0.1, -0.05) is 0 Å². The molecule has 1 saturated heterocycles. The molecule has 0 spiro atoms. The number of fused-ring (bicyclic) bond motifs is 1. The Balaban J connectivity index is 1.97. The number of piperazine rings is 1. The molecule has 0 radical (unpaired) electrons. The predicted octanol–water partition coefficient (Wildman–Crippen LogP) is 0.941. The van der Waals surface area contributed by atoms with Crippen LogP contribution in [-0.4, -0.2) is 36.1 Å². The standard InChI is InChI=1S/C11H14N4O/c1-8-2-3-9-10(13-8)14-11(16-9)15-6-4-12-5-7-15/h2-3,12H,4-7H2,1H3. The first-order valence-electron chi connectivity index (χ1n) is 5.53. The highest BCUT2D eigenvalue weighted by Crippen LogP contribution is 2.20. The van der Waals surface area contributed by atoms with Crippen LogP contribution in [0.1, 0.15) is 5.69 Å². The summed E-state index contributed by atoms with van der Waals surface area (Å²) in [6.45, 7) is 5.78. The van der Waals surface area contributed by atoms with Crippen molar-refractivity contribution in [3.8, 4) is 0 Å². The Bertz CT molecular complexity index is 502. The first-order chi connectivity index (χ1) is 7.83. The molecule has 0 aromatic carbocycles. The number of oxazole rings is 1. The van der Waals surface area contributed by atoms with Gasteiger partial charge in [0.2, 0.25) is 5.65 Å². The molecular formula is C11H14N4O. The van der Waals surface area contributed by atoms with E-state index in [-0.39, 0.29) is 0 Å². The third-order valence-electron chi connectivity index (χ3n) is 2.77. The van der Waals surface area contributed by atoms with Crippen LogP contribution in [0.5, 0.6) is 0 Å². The lowest BCUT2D eigenvalue weighted by atomic mass is 10.4. The molecule has 3 rings (SSSR count). The van der Waals surface area contributed by atoms with E-state index >= 15 is 0 Å². The number of hydrogen-bond donors (Lipinski definition) is 1. The van der Waals surface area contributed by atoms with Crippen LogP contribution in [0, 0.1) is 6.92 Å². The largest absolute Gasteiger partial charge is 0.422 e. The molecule has 0 amide bonds. The summed E-state index contributed by atoms with van der Waals surface area (Å²) in [6.07, 6.45) is 0. The third kappa shape index (κ3) is 1.63. The maximum absolute atomic E-state index is 5.69. The summed E-state index contributed by atoms with van der Waals surface area (Å²) in [5.41, 5.74) is 2.43. The molecule has 2 aromatic rings. The van der Waals surface area contributed by atoms with Gasteiger partial charge in [-0.25, -0.2) is 4.98 Å². The van der Waals surface area contributed by atoms with E-state index in [9.17, 15) is 0 Å². The molecule has 1 fully saturated rings. The van der Waals surface area contributed by atoms with Crippen LogP contribution in [0.3, 0.4) is 0 Å². The van der Waals surface area contributed by atoms with Crippen molar-refractivity contribution in [2.45, 2.75) is 6.92 Å². The van der Waals surface area contributed by atoms with Gasteiger partial charge < -0.3 is 14.6 Å². The van der Waals surface area contributed by atoms with Crippen LogP contribution in [0.4, 0.5) is 6.01 Å². The molecule has 1 N–H and O–H groups in total. The summed E-state index contributed by atoms with van der Waals surface area (Å²) in [4.78, 5) is 10.9. The van der Waals surface area contributed by atoms with Gasteiger partial charge in [-0.15, -0.1) is 0 Å². The van der Waals surface area contributed by atoms with E-state index in [1.807, 2.05) is 19.1 Å². The van der Waals surface area contributed by atoms with Gasteiger partial charge in [0.15, 0.2) is 5.58 Å². The molecule has 0 saturated carbocycles. The number of aromatic nitrogens is 2. The first kappa shape index (κ1) is 9.59. The number of rotatable bonds is 1. The van der Waals surface area contributed by atoms with Gasteiger partial charge >= 0.3 is 0 Å². The van der Waals surface area contributed by atoms with Crippen LogP contribution >= 0.6 is 0 Å². The van der Waals surface area contributed by atoms with E-state index in [0.29, 0.717) is 11.7 Å². The maximum atomic E-state index is 5.69. The van der Waals surface area contributed by atoms with Crippen molar-refractivity contribution >= 4 is 17.2 Å². The van der Waals surface area contributed by atoms with E-state index in [4.69, 9.17) is 4.42 Å². The number of aryl methyl sites for hydroxylation is 1. The molecular weight excluding hydrogens is 204 g/mol. The van der Waals surface area contributed by atoms with E-state index in [1.165, 1.54) is 0 Å². The maximum Gasteiger partial charge on any atom is 0.300 e. The second-order valence-electron chi connectivity index (χ2n) is 4.01. The molecule has 1 aliphatic heterocycles. The third-order valence-corrected chi connectivity index (χ3v) is 2.77. The van der Waals surface area contributed by atoms with Gasteiger partial charge in [0.05, 0.1) is 0 Å². The smallest absolute Gasteiger partial charge is 0.300 e. The second kappa shape index (κ2) is 3.75. The van der Waals surface area contributed by atoms with Gasteiger partial charge in [-0.05, 0) is 19.1 Å². The molecule has 3 heterocycles. The zero-order valence-electron chi connectivity index (χ0n) is 9.23. The zero-order valence-corrected chi connectivity index (χ0v) is 9.23. The van der Waals surface area contributed by atoms with E-state index in [0.717, 1.165) is 37.5 Å². The molecule has 16 heavy (non-hydrogen) atoms. The number of pyridine rings is 1. The molecule has 2 aromatic heterocycles. The Morgan fingerprint density at radius 1 is 1.25 bits per heavy atom. The van der Waals surface area contributed by atoms with Gasteiger partial charge in [0.25, 0.3) is 6.01 Å². The highest BCUT2D eigenvalue weighted by atomic mass is 16.4. The summed E-state index contributed by atoms with van der Waals surface area (Å²) in [7, 11) is 0. The average Bonchev–Trinajstić information content (AvgIpc) is 2.73. The molecule has 1 aliphatic rings. The summed E-state index contributed by atoms with van der Waals surface area (Å²) in [6, 6.07) is 4.56. The lowest BCUT2D eigenvalue weighted by molar-refractivity contribution is 0.517. The number of anilines is 1. The van der Waals surface area contributed by atoms with E-state index in [2.05, 4.69) is 20.2 Å². The molecule has 0 unspecified atom stereocenters. The van der Waals surface area contributed by atoms with Gasteiger partial charge in [-0.3, -0.25) is 0 Å². The van der Waals surface area contributed by atoms with E-state index in [1.54, 1.807) is 0 Å². The topological polar surface area (TPSA) is 54.2 Å². The van der Waals surface area contributed by atoms with Crippen LogP contribution in [0.2, 0.25) is 0 Å². The molecule has 84 valence electrons. The fourth-order valence-electron chi connectivity index (χ4n) is 1.89. The molecule has 0 aliphatic carbocycles. The van der Waals surface area contributed by atoms with Crippen LogP contribution in [0.25, 0.3) is 11.2 Å². The SMILES string of the molecule is Cc1ccc2oc(N3CCNCC3)nc2n1. The Labute approximate surface area is 93.5 Å². The quantitative estimate of drug-likeness (QED) is 0.772. The number of nitrogens with zero attached hydrogens (tertiary/aromatic N) is 3. The summed E-state index contributed by atoms with van der Waals surface area (Å²) in [5.74, 6) is 0. The monoisotopic (exact) mass is 218 g/mol. The number of hydrogen-bond acceptors (Lipinski definition) is 5. The van der Waals surface area contributed by atoms with Crippen molar-refractivity contribution in [1.82, 2.24) is 15.3 Å². The minimum atomic E-state index is 0.689. The molecule has 5 nitrogen and oxygen atoms in total. The van der Waals surface area contributed by atoms with Crippen LogP contribution < -0.4 is 10.2 Å². The predicted molar refractivity (Wildman–Crippen MR) is 61.6 cm³/mol. The fraction of sp³-hybridized carbons (Fsp3) is 0.455. The minimum Gasteiger partial charge on any atom is -0.422 e. The van der Waals surface area contributed by atoms with Crippen molar-refractivity contribution in [2.24, 2.45) is 0 Å². The molecule has 5 heteroatoms. The van der Waals surface area contributed by atoms with Crippen molar-refractivity contribution in [1.29, 1.82) is 0 Å². The normalized spacial score (nSPS) is 16.9. The van der Waals surface area contributed by atoms with Crippen LogP contribution in [0.15, 0.2) is 16.5 Å². The summed E-state index contributed by atoms with van der Waals surface area (Å²) in [5, 5.41) is 3.30. The van der Waals surface area contributed by atoms with Crippen molar-refractivity contribution in [3.63, 3.8) is 0 Å². The molecule has 0 atom stereocenters. The van der Waals surface area contributed by atoms with E-state index < -0.39 is 0 Å². The Morgan fingerprint density at radius 3 is 2.88 bits per heavy atom. The second-order valence-corrected chi connectivity index (χ2v) is 4.01. The van der Waals surface area contributed by atoms with Crippen molar-refractivity contribution in [2.75, 3.05) is 31.1 Å². The van der Waals surface area contributed by atoms with Crippen LogP contribution in [-0.2, 0) is 0 Å². The number of nitrogens with one attached hydrogen (secondary N) is 1. The lowest BCUT2D eigenvalue weighted by Gasteiger charge is -2.25. The highest BCUT2D eigenvalue weighted by molar-refractivity contribution is 5.70. The average molecular weight is 218 g/mol. The van der Waals surface area contributed by atoms with Crippen molar-refractivity contribution in [3.05, 3.63) is 17.8 Å². The van der Waals surface area contributed by atoms with Gasteiger partial charge in [0, 0.05) is 31.9 Å². The first-order valence-corrected chi connectivity index (χ1v) is 5.53. The highest BCUT2D eigenvalue weighted by Gasteiger charge is 2.16. The minimum absolute atomic E-state index is 0.689. The van der Waals surface area contributed by atoms with Gasteiger partial charge in [0.1, 0.15) is 0 Å².